The van der Waals surface area contributed by atoms with E-state index < -0.39 is 9.84 Å². The summed E-state index contributed by atoms with van der Waals surface area (Å²) < 4.78 is 23.6. The summed E-state index contributed by atoms with van der Waals surface area (Å²) in [5, 5.41) is 4.33. The molecule has 0 radical (unpaired) electrons. The predicted octanol–water partition coefficient (Wildman–Crippen LogP) is 2.30. The second kappa shape index (κ2) is 6.49. The normalized spacial score (nSPS) is 10.1. The van der Waals surface area contributed by atoms with E-state index in [4.69, 9.17) is 0 Å². The Morgan fingerprint density at radius 1 is 1.12 bits per heavy atom. The van der Waals surface area contributed by atoms with Gasteiger partial charge >= 0.3 is 0 Å². The lowest BCUT2D eigenvalue weighted by atomic mass is 10.3. The fourth-order valence-electron chi connectivity index (χ4n) is 1.11. The molecule has 88 valence electrons. The van der Waals surface area contributed by atoms with Crippen LogP contribution < -0.4 is 0 Å². The molecule has 7 heteroatoms. The van der Waals surface area contributed by atoms with E-state index in [0.717, 1.165) is 0 Å². The van der Waals surface area contributed by atoms with Crippen LogP contribution in [0.5, 0.6) is 0 Å². The molecule has 0 unspecified atom stereocenters. The van der Waals surface area contributed by atoms with Crippen molar-refractivity contribution in [2.45, 2.75) is 4.90 Å². The molecule has 0 aliphatic rings. The monoisotopic (exact) mass is 284 g/mol. The van der Waals surface area contributed by atoms with Crippen molar-refractivity contribution >= 4 is 50.3 Å². The van der Waals surface area contributed by atoms with Gasteiger partial charge in [-0.2, -0.15) is 4.99 Å². The largest absolute Gasteiger partial charge is 0.231 e. The molecule has 0 saturated heterocycles. The molecule has 0 fully saturated rings. The van der Waals surface area contributed by atoms with E-state index in [0.29, 0.717) is 5.69 Å². The van der Waals surface area contributed by atoms with Crippen LogP contribution in [0.2, 0.25) is 0 Å². The molecule has 0 atom stereocenters. The van der Waals surface area contributed by atoms with Gasteiger partial charge in [0.1, 0.15) is 0 Å². The van der Waals surface area contributed by atoms with Crippen molar-refractivity contribution < 1.29 is 8.42 Å². The molecule has 1 aromatic carbocycles. The van der Waals surface area contributed by atoms with Crippen molar-refractivity contribution in [2.75, 3.05) is 12.3 Å². The summed E-state index contributed by atoms with van der Waals surface area (Å²) in [5.74, 6) is -0.0909. The lowest BCUT2D eigenvalue weighted by molar-refractivity contribution is 0.596. The minimum Gasteiger partial charge on any atom is -0.231 e. The van der Waals surface area contributed by atoms with Crippen LogP contribution in [0.1, 0.15) is 0 Å². The SMILES string of the molecule is O=S(=O)(CCN=C=S)c1ccc(N=C=S)cc1. The van der Waals surface area contributed by atoms with Gasteiger partial charge in [0.15, 0.2) is 9.84 Å². The summed E-state index contributed by atoms with van der Waals surface area (Å²) in [4.78, 5) is 7.53. The molecular weight excluding hydrogens is 276 g/mol. The highest BCUT2D eigenvalue weighted by Crippen LogP contribution is 2.17. The Kier molecular flexibility index (Phi) is 5.28. The van der Waals surface area contributed by atoms with Gasteiger partial charge in [-0.15, -0.1) is 0 Å². The van der Waals surface area contributed by atoms with Gasteiger partial charge in [-0.1, -0.05) is 0 Å². The first kappa shape index (κ1) is 13.8. The van der Waals surface area contributed by atoms with Crippen molar-refractivity contribution in [3.8, 4) is 0 Å². The smallest absolute Gasteiger partial charge is 0.180 e. The molecule has 0 saturated carbocycles. The Hall–Kier alpha value is -1.23. The highest BCUT2D eigenvalue weighted by Gasteiger charge is 2.13. The van der Waals surface area contributed by atoms with Gasteiger partial charge in [0.2, 0.25) is 0 Å². The van der Waals surface area contributed by atoms with Crippen molar-refractivity contribution in [1.82, 2.24) is 0 Å². The van der Waals surface area contributed by atoms with E-state index in [1.807, 2.05) is 0 Å². The molecule has 1 rings (SSSR count). The highest BCUT2D eigenvalue weighted by molar-refractivity contribution is 7.91. The molecule has 0 aliphatic heterocycles. The Morgan fingerprint density at radius 2 is 1.76 bits per heavy atom. The first-order valence-electron chi connectivity index (χ1n) is 4.54. The number of aliphatic imine (C=N–C) groups is 2. The zero-order valence-electron chi connectivity index (χ0n) is 8.66. The second-order valence-corrected chi connectivity index (χ2v) is 5.46. The summed E-state index contributed by atoms with van der Waals surface area (Å²) in [6.07, 6.45) is 0. The zero-order valence-corrected chi connectivity index (χ0v) is 11.1. The van der Waals surface area contributed by atoms with Crippen LogP contribution in [0.15, 0.2) is 39.1 Å². The molecular formula is C10H8N2O2S3. The number of thiocarbonyl (C=S) groups is 2. The number of hydrogen-bond acceptors (Lipinski definition) is 6. The minimum atomic E-state index is -3.33. The quantitative estimate of drug-likeness (QED) is 0.615. The zero-order chi connectivity index (χ0) is 12.7. The number of nitrogens with zero attached hydrogens (tertiary/aromatic N) is 2. The van der Waals surface area contributed by atoms with E-state index >= 15 is 0 Å². The maximum Gasteiger partial charge on any atom is 0.180 e. The number of benzene rings is 1. The van der Waals surface area contributed by atoms with Crippen LogP contribution in [-0.2, 0) is 9.84 Å². The number of hydrogen-bond donors (Lipinski definition) is 0. The van der Waals surface area contributed by atoms with Crippen LogP contribution in [0.25, 0.3) is 0 Å². The Bertz CT molecular complexity index is 580. The average Bonchev–Trinajstić information content (AvgIpc) is 2.30. The van der Waals surface area contributed by atoms with E-state index in [1.165, 1.54) is 12.1 Å². The molecule has 0 amide bonds. The summed E-state index contributed by atoms with van der Waals surface area (Å²) in [6, 6.07) is 6.08. The number of sulfone groups is 1. The van der Waals surface area contributed by atoms with Gasteiger partial charge in [0.25, 0.3) is 0 Å². The molecule has 0 N–H and O–H groups in total. The third kappa shape index (κ3) is 4.26. The fraction of sp³-hybridized carbons (Fsp3) is 0.200. The maximum absolute atomic E-state index is 11.8. The van der Waals surface area contributed by atoms with E-state index in [1.54, 1.807) is 12.1 Å². The van der Waals surface area contributed by atoms with Crippen molar-refractivity contribution in [2.24, 2.45) is 9.98 Å². The van der Waals surface area contributed by atoms with Crippen LogP contribution >= 0.6 is 24.4 Å². The number of isothiocyanates is 2. The van der Waals surface area contributed by atoms with Crippen LogP contribution in [0.3, 0.4) is 0 Å². The molecule has 0 spiro atoms. The lowest BCUT2D eigenvalue weighted by Gasteiger charge is -2.01. The molecule has 0 heterocycles. The lowest BCUT2D eigenvalue weighted by Crippen LogP contribution is -2.09. The van der Waals surface area contributed by atoms with Crippen molar-refractivity contribution in [3.05, 3.63) is 24.3 Å². The second-order valence-electron chi connectivity index (χ2n) is 2.99. The molecule has 0 aromatic heterocycles. The topological polar surface area (TPSA) is 58.9 Å². The van der Waals surface area contributed by atoms with Crippen LogP contribution in [0.4, 0.5) is 5.69 Å². The third-order valence-corrected chi connectivity index (χ3v) is 3.84. The summed E-state index contributed by atoms with van der Waals surface area (Å²) in [7, 11) is -3.33. The maximum atomic E-state index is 11.8. The van der Waals surface area contributed by atoms with E-state index in [2.05, 4.69) is 44.7 Å². The first-order valence-corrected chi connectivity index (χ1v) is 7.01. The Balaban J connectivity index is 2.91. The Morgan fingerprint density at radius 3 is 2.29 bits per heavy atom. The van der Waals surface area contributed by atoms with Crippen LogP contribution in [0, 0.1) is 0 Å². The molecule has 0 aliphatic carbocycles. The van der Waals surface area contributed by atoms with E-state index in [9.17, 15) is 8.42 Å². The minimum absolute atomic E-state index is 0.0909. The summed E-state index contributed by atoms with van der Waals surface area (Å²) >= 11 is 8.81. The van der Waals surface area contributed by atoms with Crippen molar-refractivity contribution in [3.63, 3.8) is 0 Å². The van der Waals surface area contributed by atoms with E-state index in [-0.39, 0.29) is 17.2 Å². The third-order valence-electron chi connectivity index (χ3n) is 1.91. The van der Waals surface area contributed by atoms with Crippen LogP contribution in [-0.4, -0.2) is 31.0 Å². The molecule has 1 aromatic rings. The molecule has 4 nitrogen and oxygen atoms in total. The van der Waals surface area contributed by atoms with Gasteiger partial charge in [0, 0.05) is 0 Å². The molecule has 0 bridgehead atoms. The van der Waals surface area contributed by atoms with Gasteiger partial charge in [0.05, 0.1) is 33.2 Å². The number of rotatable bonds is 5. The van der Waals surface area contributed by atoms with Gasteiger partial charge < -0.3 is 0 Å². The molecule has 17 heavy (non-hydrogen) atoms. The highest BCUT2D eigenvalue weighted by atomic mass is 32.2. The standard InChI is InChI=1S/C10H8N2O2S3/c13-17(14,6-5-11-7-15)10-3-1-9(2-4-10)12-8-16/h1-4H,5-6H2. The first-order chi connectivity index (χ1) is 8.10. The summed E-state index contributed by atoms with van der Waals surface area (Å²) in [5.41, 5.74) is 0.566. The summed E-state index contributed by atoms with van der Waals surface area (Å²) in [6.45, 7) is 0.117. The Labute approximate surface area is 110 Å². The van der Waals surface area contributed by atoms with Gasteiger partial charge in [-0.05, 0) is 48.7 Å². The van der Waals surface area contributed by atoms with Gasteiger partial charge in [-0.3, -0.25) is 0 Å². The van der Waals surface area contributed by atoms with Gasteiger partial charge in [-0.25, -0.2) is 13.4 Å². The fourth-order valence-corrected chi connectivity index (χ4v) is 2.42. The van der Waals surface area contributed by atoms with Crippen molar-refractivity contribution in [1.29, 1.82) is 0 Å². The average molecular weight is 284 g/mol. The predicted molar refractivity (Wildman–Crippen MR) is 73.1 cm³/mol.